The van der Waals surface area contributed by atoms with E-state index in [-0.39, 0.29) is 6.54 Å². The van der Waals surface area contributed by atoms with Crippen LogP contribution in [0.1, 0.15) is 6.42 Å². The highest BCUT2D eigenvalue weighted by molar-refractivity contribution is 5.78. The highest BCUT2D eigenvalue weighted by Gasteiger charge is 2.41. The molecule has 0 amide bonds. The van der Waals surface area contributed by atoms with E-state index in [1.165, 1.54) is 0 Å². The van der Waals surface area contributed by atoms with E-state index in [2.05, 4.69) is 5.32 Å². The molecule has 4 nitrogen and oxygen atoms in total. The van der Waals surface area contributed by atoms with Crippen molar-refractivity contribution >= 4 is 5.97 Å². The van der Waals surface area contributed by atoms with Crippen molar-refractivity contribution in [2.75, 3.05) is 13.1 Å². The molecule has 1 atom stereocenters. The number of nitrogens with one attached hydrogen (secondary N) is 1. The summed E-state index contributed by atoms with van der Waals surface area (Å²) in [5.41, 5.74) is -1.15. The maximum atomic E-state index is 10.5. The Morgan fingerprint density at radius 3 is 2.70 bits per heavy atom. The zero-order valence-electron chi connectivity index (χ0n) is 5.42. The molecular formula is C6H8N2O2. The van der Waals surface area contributed by atoms with E-state index in [0.717, 1.165) is 0 Å². The molecule has 0 aromatic carbocycles. The zero-order chi connectivity index (χ0) is 7.61. The molecule has 1 heterocycles. The lowest BCUT2D eigenvalue weighted by Crippen LogP contribution is -2.31. The first-order valence-electron chi connectivity index (χ1n) is 3.07. The number of nitriles is 1. The molecule has 1 fully saturated rings. The van der Waals surface area contributed by atoms with Crippen LogP contribution in [0.15, 0.2) is 0 Å². The van der Waals surface area contributed by atoms with Crippen LogP contribution in [0.4, 0.5) is 0 Å². The Kier molecular flexibility index (Phi) is 1.60. The first-order valence-corrected chi connectivity index (χ1v) is 3.07. The van der Waals surface area contributed by atoms with Crippen LogP contribution in [0.3, 0.4) is 0 Å². The number of carboxylic acids is 1. The molecule has 0 radical (unpaired) electrons. The predicted molar refractivity (Wildman–Crippen MR) is 33.2 cm³/mol. The fourth-order valence-electron chi connectivity index (χ4n) is 1.02. The standard InChI is InChI=1S/C6H8N2O2/c7-3-6(5(9)10)1-2-8-4-6/h8H,1-2,4H2,(H,9,10). The van der Waals surface area contributed by atoms with Crippen molar-refractivity contribution in [3.8, 4) is 6.07 Å². The molecule has 1 aliphatic heterocycles. The van der Waals surface area contributed by atoms with Crippen LogP contribution in [-0.2, 0) is 4.79 Å². The summed E-state index contributed by atoms with van der Waals surface area (Å²) < 4.78 is 0. The molecule has 0 saturated carbocycles. The van der Waals surface area contributed by atoms with Crippen molar-refractivity contribution < 1.29 is 9.90 Å². The molecule has 4 heteroatoms. The first-order chi connectivity index (χ1) is 4.71. The van der Waals surface area contributed by atoms with Crippen molar-refractivity contribution in [2.24, 2.45) is 5.41 Å². The van der Waals surface area contributed by atoms with Crippen molar-refractivity contribution in [3.05, 3.63) is 0 Å². The third kappa shape index (κ3) is 0.847. The monoisotopic (exact) mass is 140 g/mol. The summed E-state index contributed by atoms with van der Waals surface area (Å²) in [6.45, 7) is 0.901. The van der Waals surface area contributed by atoms with Gasteiger partial charge in [-0.1, -0.05) is 0 Å². The normalized spacial score (nSPS) is 31.5. The second-order valence-corrected chi connectivity index (χ2v) is 2.43. The van der Waals surface area contributed by atoms with Gasteiger partial charge in [0, 0.05) is 6.54 Å². The fraction of sp³-hybridized carbons (Fsp3) is 0.667. The lowest BCUT2D eigenvalue weighted by atomic mass is 9.90. The Hall–Kier alpha value is -1.08. The van der Waals surface area contributed by atoms with Crippen LogP contribution < -0.4 is 5.32 Å². The first kappa shape index (κ1) is 7.03. The van der Waals surface area contributed by atoms with Crippen LogP contribution in [-0.4, -0.2) is 24.2 Å². The predicted octanol–water partition coefficient (Wildman–Crippen LogP) is -0.426. The fourth-order valence-corrected chi connectivity index (χ4v) is 1.02. The summed E-state index contributed by atoms with van der Waals surface area (Å²) in [6.07, 6.45) is 0.416. The van der Waals surface area contributed by atoms with Crippen molar-refractivity contribution in [3.63, 3.8) is 0 Å². The largest absolute Gasteiger partial charge is 0.480 e. The van der Waals surface area contributed by atoms with Gasteiger partial charge in [-0.3, -0.25) is 4.79 Å². The smallest absolute Gasteiger partial charge is 0.325 e. The van der Waals surface area contributed by atoms with Gasteiger partial charge in [-0.15, -0.1) is 0 Å². The number of hydrogen-bond acceptors (Lipinski definition) is 3. The summed E-state index contributed by atoms with van der Waals surface area (Å²) >= 11 is 0. The lowest BCUT2D eigenvalue weighted by Gasteiger charge is -2.10. The van der Waals surface area contributed by atoms with Gasteiger partial charge in [0.25, 0.3) is 0 Å². The second kappa shape index (κ2) is 2.27. The molecule has 1 unspecified atom stereocenters. The summed E-state index contributed by atoms with van der Waals surface area (Å²) in [5, 5.41) is 20.0. The summed E-state index contributed by atoms with van der Waals surface area (Å²) in [7, 11) is 0. The van der Waals surface area contributed by atoms with E-state index in [9.17, 15) is 4.79 Å². The Bertz CT molecular complexity index is 188. The van der Waals surface area contributed by atoms with E-state index >= 15 is 0 Å². The molecule has 0 bridgehead atoms. The van der Waals surface area contributed by atoms with E-state index < -0.39 is 11.4 Å². The van der Waals surface area contributed by atoms with Crippen LogP contribution in [0, 0.1) is 16.7 Å². The molecule has 54 valence electrons. The number of hydrogen-bond donors (Lipinski definition) is 2. The van der Waals surface area contributed by atoms with Gasteiger partial charge in [-0.25, -0.2) is 0 Å². The molecule has 1 aliphatic rings. The maximum absolute atomic E-state index is 10.5. The number of carbonyl (C=O) groups is 1. The second-order valence-electron chi connectivity index (χ2n) is 2.43. The number of rotatable bonds is 1. The van der Waals surface area contributed by atoms with Crippen LogP contribution in [0.5, 0.6) is 0 Å². The van der Waals surface area contributed by atoms with Gasteiger partial charge in [0.2, 0.25) is 0 Å². The average molecular weight is 140 g/mol. The summed E-state index contributed by atoms with van der Waals surface area (Å²) in [6, 6.07) is 1.81. The maximum Gasteiger partial charge on any atom is 0.325 e. The minimum absolute atomic E-state index is 0.277. The van der Waals surface area contributed by atoms with Gasteiger partial charge in [-0.05, 0) is 13.0 Å². The third-order valence-electron chi connectivity index (χ3n) is 1.78. The van der Waals surface area contributed by atoms with E-state index in [4.69, 9.17) is 10.4 Å². The van der Waals surface area contributed by atoms with Crippen molar-refractivity contribution in [2.45, 2.75) is 6.42 Å². The van der Waals surface area contributed by atoms with E-state index in [0.29, 0.717) is 13.0 Å². The number of aliphatic carboxylic acids is 1. The summed E-state index contributed by atoms with van der Waals surface area (Å²) in [5.74, 6) is -1.01. The average Bonchev–Trinajstić information content (AvgIpc) is 2.35. The molecule has 10 heavy (non-hydrogen) atoms. The molecule has 0 aliphatic carbocycles. The van der Waals surface area contributed by atoms with Gasteiger partial charge in [0.1, 0.15) is 0 Å². The zero-order valence-corrected chi connectivity index (χ0v) is 5.42. The van der Waals surface area contributed by atoms with E-state index in [1.807, 2.05) is 6.07 Å². The molecule has 0 aromatic rings. The Balaban J connectivity index is 2.80. The van der Waals surface area contributed by atoms with Crippen molar-refractivity contribution in [1.82, 2.24) is 5.32 Å². The quantitative estimate of drug-likeness (QED) is 0.518. The Morgan fingerprint density at radius 1 is 1.80 bits per heavy atom. The minimum atomic E-state index is -1.15. The van der Waals surface area contributed by atoms with E-state index in [1.54, 1.807) is 0 Å². The highest BCUT2D eigenvalue weighted by Crippen LogP contribution is 2.23. The van der Waals surface area contributed by atoms with Gasteiger partial charge < -0.3 is 10.4 Å². The van der Waals surface area contributed by atoms with Gasteiger partial charge in [0.15, 0.2) is 5.41 Å². The lowest BCUT2D eigenvalue weighted by molar-refractivity contribution is -0.144. The molecule has 2 N–H and O–H groups in total. The Labute approximate surface area is 58.5 Å². The number of nitrogens with zero attached hydrogens (tertiary/aromatic N) is 1. The van der Waals surface area contributed by atoms with Gasteiger partial charge in [0.05, 0.1) is 6.07 Å². The number of carboxylic acid groups (broad SMARTS) is 1. The molecule has 1 rings (SSSR count). The van der Waals surface area contributed by atoms with Gasteiger partial charge >= 0.3 is 5.97 Å². The van der Waals surface area contributed by atoms with Crippen molar-refractivity contribution in [1.29, 1.82) is 5.26 Å². The SMILES string of the molecule is N#CC1(C(=O)O)CCNC1. The molecular weight excluding hydrogens is 132 g/mol. The summed E-state index contributed by atoms with van der Waals surface area (Å²) in [4.78, 5) is 10.5. The van der Waals surface area contributed by atoms with Crippen LogP contribution in [0.2, 0.25) is 0 Å². The molecule has 0 aromatic heterocycles. The molecule has 0 spiro atoms. The van der Waals surface area contributed by atoms with Crippen LogP contribution >= 0.6 is 0 Å². The third-order valence-corrected chi connectivity index (χ3v) is 1.78. The molecule has 1 saturated heterocycles. The van der Waals surface area contributed by atoms with Gasteiger partial charge in [-0.2, -0.15) is 5.26 Å². The van der Waals surface area contributed by atoms with Crippen LogP contribution in [0.25, 0.3) is 0 Å². The Morgan fingerprint density at radius 2 is 2.50 bits per heavy atom. The minimum Gasteiger partial charge on any atom is -0.480 e. The highest BCUT2D eigenvalue weighted by atomic mass is 16.4. The topological polar surface area (TPSA) is 73.1 Å².